The first-order valence-electron chi connectivity index (χ1n) is 8.79. The molecular formula is C21H30IN3O2. The molecule has 0 aliphatic heterocycles. The largest absolute Gasteiger partial charge is 0.493 e. The quantitative estimate of drug-likeness (QED) is 0.357. The van der Waals surface area contributed by atoms with Gasteiger partial charge in [0.05, 0.1) is 14.2 Å². The fourth-order valence-electron chi connectivity index (χ4n) is 2.84. The van der Waals surface area contributed by atoms with Crippen molar-refractivity contribution in [2.45, 2.75) is 26.8 Å². The van der Waals surface area contributed by atoms with E-state index in [1.165, 1.54) is 16.7 Å². The van der Waals surface area contributed by atoms with Crippen LogP contribution >= 0.6 is 24.0 Å². The van der Waals surface area contributed by atoms with Gasteiger partial charge in [0.2, 0.25) is 0 Å². The predicted octanol–water partition coefficient (Wildman–Crippen LogP) is 3.85. The number of halogens is 1. The molecule has 0 amide bonds. The molecule has 0 spiro atoms. The molecule has 0 fully saturated rings. The lowest BCUT2D eigenvalue weighted by atomic mass is 10.0. The van der Waals surface area contributed by atoms with Crippen molar-refractivity contribution in [3.8, 4) is 11.5 Å². The van der Waals surface area contributed by atoms with Gasteiger partial charge in [0.1, 0.15) is 0 Å². The molecule has 5 nitrogen and oxygen atoms in total. The topological polar surface area (TPSA) is 54.9 Å². The maximum Gasteiger partial charge on any atom is 0.191 e. The van der Waals surface area contributed by atoms with Crippen LogP contribution in [0.1, 0.15) is 22.3 Å². The second-order valence-electron chi connectivity index (χ2n) is 6.22. The fraction of sp³-hybridized carbons (Fsp3) is 0.381. The molecule has 6 heteroatoms. The molecule has 0 atom stereocenters. The van der Waals surface area contributed by atoms with E-state index in [2.05, 4.69) is 47.7 Å². The number of ether oxygens (including phenoxy) is 2. The molecule has 0 aliphatic rings. The molecule has 2 aromatic carbocycles. The molecule has 0 unspecified atom stereocenters. The molecule has 0 aliphatic carbocycles. The minimum atomic E-state index is 0. The first-order valence-corrected chi connectivity index (χ1v) is 8.79. The van der Waals surface area contributed by atoms with Crippen LogP contribution in [0.5, 0.6) is 11.5 Å². The average molecular weight is 483 g/mol. The molecule has 2 aromatic rings. The Kier molecular flexibility index (Phi) is 9.99. The number of aliphatic imine (C=N–C) groups is 1. The number of nitrogens with one attached hydrogen (secondary N) is 2. The van der Waals surface area contributed by atoms with Crippen LogP contribution in [-0.2, 0) is 13.0 Å². The van der Waals surface area contributed by atoms with Crippen molar-refractivity contribution in [2.75, 3.05) is 27.8 Å². The SMILES string of the molecule is CN=C(NCCc1ccc(C)cc1C)NCc1ccc(OC)c(OC)c1.I. The number of hydrogen-bond donors (Lipinski definition) is 2. The third-order valence-electron chi connectivity index (χ3n) is 4.32. The Labute approximate surface area is 179 Å². The summed E-state index contributed by atoms with van der Waals surface area (Å²) in [5, 5.41) is 6.69. The van der Waals surface area contributed by atoms with Crippen molar-refractivity contribution in [1.29, 1.82) is 0 Å². The smallest absolute Gasteiger partial charge is 0.191 e. The first-order chi connectivity index (χ1) is 12.6. The van der Waals surface area contributed by atoms with Gasteiger partial charge in [-0.3, -0.25) is 4.99 Å². The second kappa shape index (κ2) is 11.7. The minimum absolute atomic E-state index is 0. The third kappa shape index (κ3) is 6.93. The Morgan fingerprint density at radius 2 is 1.70 bits per heavy atom. The van der Waals surface area contributed by atoms with E-state index in [4.69, 9.17) is 9.47 Å². The lowest BCUT2D eigenvalue weighted by Gasteiger charge is -2.14. The predicted molar refractivity (Wildman–Crippen MR) is 123 cm³/mol. The Morgan fingerprint density at radius 1 is 0.963 bits per heavy atom. The average Bonchev–Trinajstić information content (AvgIpc) is 2.65. The second-order valence-corrected chi connectivity index (χ2v) is 6.22. The number of rotatable bonds is 7. The van der Waals surface area contributed by atoms with Gasteiger partial charge in [-0.05, 0) is 49.1 Å². The van der Waals surface area contributed by atoms with Crippen molar-refractivity contribution in [3.63, 3.8) is 0 Å². The van der Waals surface area contributed by atoms with E-state index in [1.807, 2.05) is 18.2 Å². The number of nitrogens with zero attached hydrogens (tertiary/aromatic N) is 1. The number of guanidine groups is 1. The van der Waals surface area contributed by atoms with Crippen LogP contribution in [0.15, 0.2) is 41.4 Å². The van der Waals surface area contributed by atoms with Crippen LogP contribution in [0.2, 0.25) is 0 Å². The highest BCUT2D eigenvalue weighted by Crippen LogP contribution is 2.27. The molecular weight excluding hydrogens is 453 g/mol. The summed E-state index contributed by atoms with van der Waals surface area (Å²) in [6.07, 6.45) is 0.961. The molecule has 27 heavy (non-hydrogen) atoms. The van der Waals surface area contributed by atoms with Gasteiger partial charge >= 0.3 is 0 Å². The zero-order valence-corrected chi connectivity index (χ0v) is 19.1. The van der Waals surface area contributed by atoms with Gasteiger partial charge in [0.15, 0.2) is 17.5 Å². The zero-order chi connectivity index (χ0) is 18.9. The van der Waals surface area contributed by atoms with Crippen LogP contribution in [0.3, 0.4) is 0 Å². The van der Waals surface area contributed by atoms with Gasteiger partial charge < -0.3 is 20.1 Å². The highest BCUT2D eigenvalue weighted by molar-refractivity contribution is 14.0. The highest BCUT2D eigenvalue weighted by atomic mass is 127. The summed E-state index contributed by atoms with van der Waals surface area (Å²) in [6.45, 7) is 5.76. The van der Waals surface area contributed by atoms with Gasteiger partial charge in [0, 0.05) is 20.1 Å². The molecule has 0 heterocycles. The van der Waals surface area contributed by atoms with Crippen molar-refractivity contribution in [1.82, 2.24) is 10.6 Å². The fourth-order valence-corrected chi connectivity index (χ4v) is 2.84. The number of benzene rings is 2. The van der Waals surface area contributed by atoms with Crippen LogP contribution < -0.4 is 20.1 Å². The summed E-state index contributed by atoms with van der Waals surface area (Å²) in [5.74, 6) is 2.24. The molecule has 2 N–H and O–H groups in total. The van der Waals surface area contributed by atoms with Gasteiger partial charge in [0.25, 0.3) is 0 Å². The third-order valence-corrected chi connectivity index (χ3v) is 4.32. The number of hydrogen-bond acceptors (Lipinski definition) is 3. The van der Waals surface area contributed by atoms with Crippen LogP contribution in [0.4, 0.5) is 0 Å². The van der Waals surface area contributed by atoms with Gasteiger partial charge in [-0.1, -0.05) is 29.8 Å². The summed E-state index contributed by atoms with van der Waals surface area (Å²) in [4.78, 5) is 4.29. The molecule has 0 saturated heterocycles. The maximum atomic E-state index is 5.34. The van der Waals surface area contributed by atoms with E-state index < -0.39 is 0 Å². The van der Waals surface area contributed by atoms with E-state index >= 15 is 0 Å². The van der Waals surface area contributed by atoms with Gasteiger partial charge in [-0.25, -0.2) is 0 Å². The zero-order valence-electron chi connectivity index (χ0n) is 16.8. The lowest BCUT2D eigenvalue weighted by Crippen LogP contribution is -2.37. The summed E-state index contributed by atoms with van der Waals surface area (Å²) in [5.41, 5.74) is 5.09. The van der Waals surface area contributed by atoms with Crippen LogP contribution in [-0.4, -0.2) is 33.8 Å². The molecule has 0 bridgehead atoms. The van der Waals surface area contributed by atoms with Crippen molar-refractivity contribution in [3.05, 3.63) is 58.7 Å². The lowest BCUT2D eigenvalue weighted by molar-refractivity contribution is 0.354. The Hall–Kier alpha value is -1.96. The maximum absolute atomic E-state index is 5.34. The molecule has 0 aromatic heterocycles. The van der Waals surface area contributed by atoms with E-state index in [0.29, 0.717) is 6.54 Å². The first kappa shape index (κ1) is 23.1. The number of methoxy groups -OCH3 is 2. The number of aryl methyl sites for hydroxylation is 2. The van der Waals surface area contributed by atoms with Crippen LogP contribution in [0.25, 0.3) is 0 Å². The molecule has 2 rings (SSSR count). The Balaban J connectivity index is 0.00000364. The molecule has 0 saturated carbocycles. The molecule has 0 radical (unpaired) electrons. The van der Waals surface area contributed by atoms with Crippen molar-refractivity contribution >= 4 is 29.9 Å². The van der Waals surface area contributed by atoms with E-state index in [0.717, 1.165) is 36.0 Å². The summed E-state index contributed by atoms with van der Waals surface area (Å²) in [6, 6.07) is 12.5. The summed E-state index contributed by atoms with van der Waals surface area (Å²) >= 11 is 0. The Bertz CT molecular complexity index is 763. The molecule has 148 valence electrons. The summed E-state index contributed by atoms with van der Waals surface area (Å²) < 4.78 is 10.6. The minimum Gasteiger partial charge on any atom is -0.493 e. The highest BCUT2D eigenvalue weighted by Gasteiger charge is 2.05. The summed E-state index contributed by atoms with van der Waals surface area (Å²) in [7, 11) is 5.06. The van der Waals surface area contributed by atoms with Crippen molar-refractivity contribution in [2.24, 2.45) is 4.99 Å². The monoisotopic (exact) mass is 483 g/mol. The van der Waals surface area contributed by atoms with Gasteiger partial charge in [-0.15, -0.1) is 24.0 Å². The standard InChI is InChI=1S/C21H29N3O2.HI/c1-15-6-8-18(16(2)12-15)10-11-23-21(22-3)24-14-17-7-9-19(25-4)20(13-17)26-5;/h6-9,12-13H,10-11,14H2,1-5H3,(H2,22,23,24);1H. The van der Waals surface area contributed by atoms with E-state index in [-0.39, 0.29) is 24.0 Å². The van der Waals surface area contributed by atoms with E-state index in [9.17, 15) is 0 Å². The van der Waals surface area contributed by atoms with E-state index in [1.54, 1.807) is 21.3 Å². The normalized spacial score (nSPS) is 10.8. The Morgan fingerprint density at radius 3 is 2.33 bits per heavy atom. The van der Waals surface area contributed by atoms with Crippen LogP contribution in [0, 0.1) is 13.8 Å². The van der Waals surface area contributed by atoms with Gasteiger partial charge in [-0.2, -0.15) is 0 Å². The van der Waals surface area contributed by atoms with Crippen molar-refractivity contribution < 1.29 is 9.47 Å².